The molecule has 2 N–H and O–H groups in total. The summed E-state index contributed by atoms with van der Waals surface area (Å²) in [6.45, 7) is 0. The first-order chi connectivity index (χ1) is 9.26. The van der Waals surface area contributed by atoms with E-state index in [0.717, 1.165) is 28.1 Å². The fourth-order valence-corrected chi connectivity index (χ4v) is 2.02. The van der Waals surface area contributed by atoms with Gasteiger partial charge in [0.15, 0.2) is 17.0 Å². The molecule has 96 valence electrons. The van der Waals surface area contributed by atoms with Gasteiger partial charge < -0.3 is 14.9 Å². The number of para-hydroxylation sites is 1. The van der Waals surface area contributed by atoms with Gasteiger partial charge in [-0.05, 0) is 29.8 Å². The van der Waals surface area contributed by atoms with Crippen LogP contribution in [-0.4, -0.2) is 12.1 Å². The van der Waals surface area contributed by atoms with E-state index in [-0.39, 0.29) is 0 Å². The molecule has 3 rings (SSSR count). The van der Waals surface area contributed by atoms with E-state index in [9.17, 15) is 0 Å². The zero-order valence-electron chi connectivity index (χ0n) is 10.6. The standard InChI is InChI=1S/C15H14N2O2/c1-18-12-3-2-4-13-15(12)17-14(19-13)9-10-5-7-11(16)8-6-10/h2-8H,9,16H2,1H3. The second-order valence-electron chi connectivity index (χ2n) is 4.33. The quantitative estimate of drug-likeness (QED) is 0.730. The molecule has 2 aromatic carbocycles. The number of aromatic nitrogens is 1. The molecule has 0 saturated heterocycles. The number of nitrogens with zero attached hydrogens (tertiary/aromatic N) is 1. The molecule has 0 unspecified atom stereocenters. The van der Waals surface area contributed by atoms with Crippen LogP contribution in [0.2, 0.25) is 0 Å². The lowest BCUT2D eigenvalue weighted by molar-refractivity contribution is 0.419. The van der Waals surface area contributed by atoms with Crippen molar-refractivity contribution in [3.63, 3.8) is 0 Å². The molecular formula is C15H14N2O2. The molecule has 19 heavy (non-hydrogen) atoms. The Hall–Kier alpha value is -2.49. The molecule has 4 heteroatoms. The summed E-state index contributed by atoms with van der Waals surface area (Å²) in [5, 5.41) is 0. The van der Waals surface area contributed by atoms with Crippen molar-refractivity contribution in [3.8, 4) is 5.75 Å². The second kappa shape index (κ2) is 4.65. The molecule has 0 bridgehead atoms. The highest BCUT2D eigenvalue weighted by atomic mass is 16.5. The Kier molecular flexibility index (Phi) is 2.83. The summed E-state index contributed by atoms with van der Waals surface area (Å²) in [7, 11) is 1.63. The van der Waals surface area contributed by atoms with E-state index in [4.69, 9.17) is 14.9 Å². The van der Waals surface area contributed by atoms with Crippen LogP contribution < -0.4 is 10.5 Å². The highest BCUT2D eigenvalue weighted by molar-refractivity contribution is 5.79. The number of fused-ring (bicyclic) bond motifs is 1. The number of oxazole rings is 1. The maximum Gasteiger partial charge on any atom is 0.200 e. The van der Waals surface area contributed by atoms with Gasteiger partial charge in [0.1, 0.15) is 5.75 Å². The van der Waals surface area contributed by atoms with Crippen molar-refractivity contribution in [1.82, 2.24) is 4.98 Å². The van der Waals surface area contributed by atoms with Gasteiger partial charge in [-0.2, -0.15) is 0 Å². The zero-order valence-corrected chi connectivity index (χ0v) is 10.6. The van der Waals surface area contributed by atoms with Crippen LogP contribution in [0.4, 0.5) is 5.69 Å². The topological polar surface area (TPSA) is 61.3 Å². The number of anilines is 1. The summed E-state index contributed by atoms with van der Waals surface area (Å²) >= 11 is 0. The van der Waals surface area contributed by atoms with Gasteiger partial charge >= 0.3 is 0 Å². The average Bonchev–Trinajstić information content (AvgIpc) is 2.83. The normalized spacial score (nSPS) is 10.8. The third-order valence-corrected chi connectivity index (χ3v) is 2.98. The molecule has 0 radical (unpaired) electrons. The summed E-state index contributed by atoms with van der Waals surface area (Å²) in [6.07, 6.45) is 0.637. The van der Waals surface area contributed by atoms with Crippen LogP contribution in [0.1, 0.15) is 11.5 Å². The largest absolute Gasteiger partial charge is 0.494 e. The third-order valence-electron chi connectivity index (χ3n) is 2.98. The number of rotatable bonds is 3. The van der Waals surface area contributed by atoms with Gasteiger partial charge in [0, 0.05) is 12.1 Å². The van der Waals surface area contributed by atoms with Crippen molar-refractivity contribution in [2.45, 2.75) is 6.42 Å². The Morgan fingerprint density at radius 2 is 1.95 bits per heavy atom. The first-order valence-corrected chi connectivity index (χ1v) is 6.03. The van der Waals surface area contributed by atoms with Crippen LogP contribution in [0, 0.1) is 0 Å². The lowest BCUT2D eigenvalue weighted by atomic mass is 10.1. The minimum atomic E-state index is 0.637. The van der Waals surface area contributed by atoms with Crippen molar-refractivity contribution in [1.29, 1.82) is 0 Å². The van der Waals surface area contributed by atoms with E-state index in [1.165, 1.54) is 0 Å². The first kappa shape index (κ1) is 11.6. The molecule has 1 aromatic heterocycles. The number of nitrogen functional groups attached to an aromatic ring is 1. The fraction of sp³-hybridized carbons (Fsp3) is 0.133. The summed E-state index contributed by atoms with van der Waals surface area (Å²) in [5.41, 5.74) is 9.03. The Balaban J connectivity index is 1.95. The number of hydrogen-bond acceptors (Lipinski definition) is 4. The summed E-state index contributed by atoms with van der Waals surface area (Å²) < 4.78 is 11.0. The summed E-state index contributed by atoms with van der Waals surface area (Å²) in [5.74, 6) is 1.40. The number of ether oxygens (including phenoxy) is 1. The van der Waals surface area contributed by atoms with Crippen LogP contribution >= 0.6 is 0 Å². The highest BCUT2D eigenvalue weighted by Gasteiger charge is 2.10. The molecule has 0 aliphatic rings. The Morgan fingerprint density at radius 3 is 2.68 bits per heavy atom. The smallest absolute Gasteiger partial charge is 0.200 e. The molecule has 0 atom stereocenters. The number of methoxy groups -OCH3 is 1. The number of benzene rings is 2. The number of hydrogen-bond donors (Lipinski definition) is 1. The summed E-state index contributed by atoms with van der Waals surface area (Å²) in [4.78, 5) is 4.48. The van der Waals surface area contributed by atoms with Crippen LogP contribution in [0.15, 0.2) is 46.9 Å². The van der Waals surface area contributed by atoms with Gasteiger partial charge in [0.05, 0.1) is 7.11 Å². The molecule has 0 saturated carbocycles. The lowest BCUT2D eigenvalue weighted by Crippen LogP contribution is -1.90. The van der Waals surface area contributed by atoms with Gasteiger partial charge in [0.25, 0.3) is 0 Å². The van der Waals surface area contributed by atoms with E-state index in [1.54, 1.807) is 7.11 Å². The molecule has 0 fully saturated rings. The van der Waals surface area contributed by atoms with Gasteiger partial charge in [-0.1, -0.05) is 18.2 Å². The van der Waals surface area contributed by atoms with Crippen LogP contribution in [-0.2, 0) is 6.42 Å². The molecule has 0 amide bonds. The average molecular weight is 254 g/mol. The Labute approximate surface area is 110 Å². The molecule has 0 aliphatic carbocycles. The van der Waals surface area contributed by atoms with Crippen molar-refractivity contribution in [3.05, 3.63) is 53.9 Å². The Bertz CT molecular complexity index is 702. The predicted molar refractivity (Wildman–Crippen MR) is 74.2 cm³/mol. The maximum absolute atomic E-state index is 5.72. The van der Waals surface area contributed by atoms with Crippen LogP contribution in [0.3, 0.4) is 0 Å². The van der Waals surface area contributed by atoms with Gasteiger partial charge in [0.2, 0.25) is 0 Å². The van der Waals surface area contributed by atoms with Crippen LogP contribution in [0.25, 0.3) is 11.1 Å². The van der Waals surface area contributed by atoms with Gasteiger partial charge in [-0.25, -0.2) is 4.98 Å². The fourth-order valence-electron chi connectivity index (χ4n) is 2.02. The van der Waals surface area contributed by atoms with Crippen molar-refractivity contribution < 1.29 is 9.15 Å². The molecule has 4 nitrogen and oxygen atoms in total. The van der Waals surface area contributed by atoms with E-state index in [2.05, 4.69) is 4.98 Å². The SMILES string of the molecule is COc1cccc2oc(Cc3ccc(N)cc3)nc12. The van der Waals surface area contributed by atoms with Crippen molar-refractivity contribution >= 4 is 16.8 Å². The van der Waals surface area contributed by atoms with Crippen LogP contribution in [0.5, 0.6) is 5.75 Å². The van der Waals surface area contributed by atoms with E-state index < -0.39 is 0 Å². The monoisotopic (exact) mass is 254 g/mol. The van der Waals surface area contributed by atoms with Crippen molar-refractivity contribution in [2.75, 3.05) is 12.8 Å². The molecule has 3 aromatic rings. The third kappa shape index (κ3) is 2.25. The Morgan fingerprint density at radius 1 is 1.16 bits per heavy atom. The lowest BCUT2D eigenvalue weighted by Gasteiger charge is -1.97. The second-order valence-corrected chi connectivity index (χ2v) is 4.33. The van der Waals surface area contributed by atoms with Crippen molar-refractivity contribution in [2.24, 2.45) is 0 Å². The highest BCUT2D eigenvalue weighted by Crippen LogP contribution is 2.26. The molecule has 0 aliphatic heterocycles. The molecule has 0 spiro atoms. The minimum Gasteiger partial charge on any atom is -0.494 e. The first-order valence-electron chi connectivity index (χ1n) is 6.03. The van der Waals surface area contributed by atoms with E-state index >= 15 is 0 Å². The molecular weight excluding hydrogens is 240 g/mol. The predicted octanol–water partition coefficient (Wildman–Crippen LogP) is 3.01. The van der Waals surface area contributed by atoms with Gasteiger partial charge in [-0.3, -0.25) is 0 Å². The number of nitrogens with two attached hydrogens (primary N) is 1. The summed E-state index contributed by atoms with van der Waals surface area (Å²) in [6, 6.07) is 13.3. The minimum absolute atomic E-state index is 0.637. The van der Waals surface area contributed by atoms with E-state index in [1.807, 2.05) is 42.5 Å². The van der Waals surface area contributed by atoms with E-state index in [0.29, 0.717) is 12.3 Å². The van der Waals surface area contributed by atoms with Gasteiger partial charge in [-0.15, -0.1) is 0 Å². The maximum atomic E-state index is 5.72. The zero-order chi connectivity index (χ0) is 13.2. The molecule has 1 heterocycles.